The molecule has 0 spiro atoms. The molecule has 0 N–H and O–H groups in total. The minimum atomic E-state index is -2.86. The summed E-state index contributed by atoms with van der Waals surface area (Å²) in [6.45, 7) is 0. The highest BCUT2D eigenvalue weighted by molar-refractivity contribution is 7.25. The van der Waals surface area contributed by atoms with Crippen LogP contribution in [0.15, 0.2) is 0 Å². The summed E-state index contributed by atoms with van der Waals surface area (Å²) in [6, 6.07) is 0. The smallest absolute Gasteiger partial charge is 0.317 e. The van der Waals surface area contributed by atoms with Crippen molar-refractivity contribution in [2.45, 2.75) is 62.4 Å². The fourth-order valence-corrected chi connectivity index (χ4v) is 9.66. The highest BCUT2D eigenvalue weighted by Crippen LogP contribution is 2.51. The summed E-state index contributed by atoms with van der Waals surface area (Å²) in [7, 11) is -0.0312. The summed E-state index contributed by atoms with van der Waals surface area (Å²) < 4.78 is 10.2. The molecule has 0 unspecified atom stereocenters. The predicted octanol–water partition coefficient (Wildman–Crippen LogP) is 4.02. The first kappa shape index (κ1) is 14.6. The zero-order valence-electron chi connectivity index (χ0n) is 11.9. The van der Waals surface area contributed by atoms with Crippen molar-refractivity contribution >= 4 is 19.3 Å². The second-order valence-corrected chi connectivity index (χ2v) is 10.0. The van der Waals surface area contributed by atoms with Crippen molar-refractivity contribution in [2.24, 2.45) is 0 Å². The van der Waals surface area contributed by atoms with Crippen LogP contribution < -0.4 is 0 Å². The predicted molar refractivity (Wildman–Crippen MR) is 75.0 cm³/mol. The Balaban J connectivity index is 2.41. The molecule has 0 atom stereocenters. The van der Waals surface area contributed by atoms with Gasteiger partial charge in [-0.3, -0.25) is 9.59 Å². The first-order chi connectivity index (χ1) is 9.17. The summed E-state index contributed by atoms with van der Waals surface area (Å²) in [5, 5.41) is 0. The van der Waals surface area contributed by atoms with Crippen molar-refractivity contribution < 1.29 is 19.1 Å². The lowest BCUT2D eigenvalue weighted by atomic mass is 10.3. The molecule has 0 aliphatic heterocycles. The number of hydrogen-bond acceptors (Lipinski definition) is 4. The molecule has 108 valence electrons. The van der Waals surface area contributed by atoms with Crippen molar-refractivity contribution in [3.8, 4) is 0 Å². The lowest BCUT2D eigenvalue weighted by molar-refractivity contribution is 0.183. The maximum Gasteiger partial charge on any atom is 0.317 e. The Morgan fingerprint density at radius 1 is 0.789 bits per heavy atom. The number of rotatable bonds is 4. The summed E-state index contributed by atoms with van der Waals surface area (Å²) in [4.78, 5) is 25.1. The highest BCUT2D eigenvalue weighted by Gasteiger charge is 2.63. The van der Waals surface area contributed by atoms with Crippen LogP contribution in [-0.2, 0) is 9.47 Å². The van der Waals surface area contributed by atoms with E-state index in [-0.39, 0.29) is 22.3 Å². The van der Waals surface area contributed by atoms with E-state index < -0.39 is 8.07 Å². The average Bonchev–Trinajstić information content (AvgIpc) is 3.12. The molecule has 0 aromatic carbocycles. The highest BCUT2D eigenvalue weighted by atomic mass is 28.3. The van der Waals surface area contributed by atoms with Gasteiger partial charge in [-0.25, -0.2) is 0 Å². The van der Waals surface area contributed by atoms with E-state index in [2.05, 4.69) is 0 Å². The summed E-state index contributed by atoms with van der Waals surface area (Å²) >= 11 is 0. The molecular formula is C14H24O4Si. The van der Waals surface area contributed by atoms with Gasteiger partial charge in [0.2, 0.25) is 0 Å². The van der Waals surface area contributed by atoms with Gasteiger partial charge in [0.25, 0.3) is 11.2 Å². The number of ether oxygens (including phenoxy) is 2. The Kier molecular flexibility index (Phi) is 4.65. The van der Waals surface area contributed by atoms with Crippen LogP contribution in [0.5, 0.6) is 0 Å². The summed E-state index contributed by atoms with van der Waals surface area (Å²) in [6.07, 6.45) is 8.47. The topological polar surface area (TPSA) is 52.6 Å². The van der Waals surface area contributed by atoms with E-state index in [9.17, 15) is 9.59 Å². The van der Waals surface area contributed by atoms with E-state index in [1.54, 1.807) is 0 Å². The normalized spacial score (nSPS) is 21.6. The van der Waals surface area contributed by atoms with Crippen molar-refractivity contribution in [1.29, 1.82) is 0 Å². The lowest BCUT2D eigenvalue weighted by Crippen LogP contribution is -2.58. The number of carbonyl (C=O) groups excluding carboxylic acids is 2. The van der Waals surface area contributed by atoms with E-state index in [0.29, 0.717) is 0 Å². The molecule has 4 nitrogen and oxygen atoms in total. The van der Waals surface area contributed by atoms with E-state index in [0.717, 1.165) is 51.4 Å². The molecule has 2 rings (SSSR count). The fourth-order valence-electron chi connectivity index (χ4n) is 4.18. The first-order valence-corrected chi connectivity index (χ1v) is 9.50. The molecule has 0 bridgehead atoms. The molecule has 0 heterocycles. The molecule has 2 aliphatic carbocycles. The van der Waals surface area contributed by atoms with Crippen molar-refractivity contribution in [3.63, 3.8) is 0 Å². The van der Waals surface area contributed by atoms with Gasteiger partial charge in [-0.05, 0) is 11.1 Å². The van der Waals surface area contributed by atoms with Crippen LogP contribution in [0.25, 0.3) is 0 Å². The van der Waals surface area contributed by atoms with Gasteiger partial charge in [0.1, 0.15) is 0 Å². The maximum absolute atomic E-state index is 12.5. The molecule has 0 radical (unpaired) electrons. The Hall–Kier alpha value is -0.843. The van der Waals surface area contributed by atoms with E-state index in [1.807, 2.05) is 0 Å². The van der Waals surface area contributed by atoms with Crippen LogP contribution in [0, 0.1) is 0 Å². The molecule has 5 heteroatoms. The number of methoxy groups -OCH3 is 2. The zero-order valence-corrected chi connectivity index (χ0v) is 12.9. The van der Waals surface area contributed by atoms with Gasteiger partial charge in [-0.1, -0.05) is 51.4 Å². The van der Waals surface area contributed by atoms with Crippen LogP contribution in [0.4, 0.5) is 9.59 Å². The van der Waals surface area contributed by atoms with Crippen molar-refractivity contribution in [3.05, 3.63) is 0 Å². The standard InChI is InChI=1S/C14H24O4Si/c1-17-13(15)19(14(16)18-2,11-7-3-4-8-11)12-9-5-6-10-12/h11-12H,3-10H2,1-2H3. The van der Waals surface area contributed by atoms with Gasteiger partial charge in [-0.15, -0.1) is 0 Å². The summed E-state index contributed by atoms with van der Waals surface area (Å²) in [5.41, 5.74) is -0.0118. The summed E-state index contributed by atoms with van der Waals surface area (Å²) in [5.74, 6) is 0. The molecule has 0 aromatic heterocycles. The monoisotopic (exact) mass is 284 g/mol. The van der Waals surface area contributed by atoms with Gasteiger partial charge in [0.15, 0.2) is 0 Å². The Morgan fingerprint density at radius 3 is 1.37 bits per heavy atom. The number of hydrogen-bond donors (Lipinski definition) is 0. The zero-order chi connectivity index (χ0) is 13.9. The van der Waals surface area contributed by atoms with E-state index in [1.165, 1.54) is 14.2 Å². The minimum Gasteiger partial charge on any atom is -0.473 e. The third-order valence-electron chi connectivity index (χ3n) is 5.04. The quantitative estimate of drug-likeness (QED) is 0.732. The van der Waals surface area contributed by atoms with Crippen LogP contribution in [0.3, 0.4) is 0 Å². The molecule has 0 amide bonds. The van der Waals surface area contributed by atoms with Gasteiger partial charge >= 0.3 is 8.07 Å². The second-order valence-electron chi connectivity index (χ2n) is 5.81. The van der Waals surface area contributed by atoms with Crippen LogP contribution >= 0.6 is 0 Å². The van der Waals surface area contributed by atoms with Crippen LogP contribution in [0.2, 0.25) is 11.1 Å². The van der Waals surface area contributed by atoms with E-state index in [4.69, 9.17) is 9.47 Å². The molecular weight excluding hydrogens is 260 g/mol. The number of carbonyl (C=O) groups is 2. The van der Waals surface area contributed by atoms with Crippen molar-refractivity contribution in [2.75, 3.05) is 14.2 Å². The second kappa shape index (κ2) is 6.07. The van der Waals surface area contributed by atoms with Crippen LogP contribution in [-0.4, -0.2) is 33.5 Å². The van der Waals surface area contributed by atoms with E-state index >= 15 is 0 Å². The Morgan fingerprint density at radius 2 is 1.11 bits per heavy atom. The van der Waals surface area contributed by atoms with Crippen LogP contribution in [0.1, 0.15) is 51.4 Å². The molecule has 2 aliphatic rings. The largest absolute Gasteiger partial charge is 0.473 e. The molecule has 19 heavy (non-hydrogen) atoms. The maximum atomic E-state index is 12.5. The minimum absolute atomic E-state index is 0.232. The lowest BCUT2D eigenvalue weighted by Gasteiger charge is -2.35. The third kappa shape index (κ3) is 2.33. The van der Waals surface area contributed by atoms with Gasteiger partial charge in [0, 0.05) is 0 Å². The van der Waals surface area contributed by atoms with Gasteiger partial charge in [-0.2, -0.15) is 0 Å². The Labute approximate surface area is 115 Å². The van der Waals surface area contributed by atoms with Gasteiger partial charge in [0.05, 0.1) is 14.2 Å². The molecule has 2 fully saturated rings. The fraction of sp³-hybridized carbons (Fsp3) is 0.857. The Bertz CT molecular complexity index is 309. The SMILES string of the molecule is COC(=O)[Si](C(=O)OC)(C1CCCC1)C1CCCC1. The molecule has 0 saturated heterocycles. The third-order valence-corrected chi connectivity index (χ3v) is 10.5. The van der Waals surface area contributed by atoms with Gasteiger partial charge < -0.3 is 9.47 Å². The average molecular weight is 284 g/mol. The molecule has 2 saturated carbocycles. The molecule has 0 aromatic rings. The van der Waals surface area contributed by atoms with Crippen molar-refractivity contribution in [1.82, 2.24) is 0 Å². The first-order valence-electron chi connectivity index (χ1n) is 7.34.